The Bertz CT molecular complexity index is 473. The molecule has 0 unspecified atom stereocenters. The quantitative estimate of drug-likeness (QED) is 0.771. The molecule has 1 aromatic carbocycles. The topological polar surface area (TPSA) is 32.3 Å². The van der Waals surface area contributed by atoms with Crippen LogP contribution in [0.2, 0.25) is 0 Å². The Labute approximate surface area is 127 Å². The molecule has 2 fully saturated rings. The maximum atomic E-state index is 12.5. The van der Waals surface area contributed by atoms with Gasteiger partial charge in [0, 0.05) is 28.8 Å². The third kappa shape index (κ3) is 2.79. The van der Waals surface area contributed by atoms with E-state index in [1.807, 2.05) is 29.2 Å². The normalized spacial score (nSPS) is 21.8. The summed E-state index contributed by atoms with van der Waals surface area (Å²) in [7, 11) is 0. The number of halogens is 1. The highest BCUT2D eigenvalue weighted by atomic mass is 127. The third-order valence-electron chi connectivity index (χ3n) is 4.51. The molecule has 19 heavy (non-hydrogen) atoms. The van der Waals surface area contributed by atoms with Crippen LogP contribution in [0.1, 0.15) is 29.6 Å². The van der Waals surface area contributed by atoms with Crippen molar-refractivity contribution in [3.63, 3.8) is 0 Å². The number of nitrogens with one attached hydrogen (secondary N) is 1. The lowest BCUT2D eigenvalue weighted by atomic mass is 9.78. The Kier molecular flexibility index (Phi) is 3.80. The molecule has 2 heterocycles. The summed E-state index contributed by atoms with van der Waals surface area (Å²) in [5.41, 5.74) is 1.30. The van der Waals surface area contributed by atoms with E-state index in [1.54, 1.807) is 0 Å². The van der Waals surface area contributed by atoms with Gasteiger partial charge in [0.25, 0.3) is 5.91 Å². The summed E-state index contributed by atoms with van der Waals surface area (Å²) in [6.45, 7) is 4.10. The molecular weight excluding hydrogens is 351 g/mol. The molecule has 4 heteroatoms. The number of carbonyl (C=O) groups is 1. The van der Waals surface area contributed by atoms with Crippen LogP contribution in [-0.2, 0) is 0 Å². The summed E-state index contributed by atoms with van der Waals surface area (Å²) in [5.74, 6) is 0.194. The summed E-state index contributed by atoms with van der Waals surface area (Å²) < 4.78 is 1.12. The Hall–Kier alpha value is -0.620. The van der Waals surface area contributed by atoms with Crippen LogP contribution in [0.15, 0.2) is 24.3 Å². The monoisotopic (exact) mass is 370 g/mol. The minimum absolute atomic E-state index is 0.194. The number of amides is 1. The number of likely N-dealkylation sites (tertiary alicyclic amines) is 1. The summed E-state index contributed by atoms with van der Waals surface area (Å²) in [6, 6.07) is 7.88. The molecule has 0 bridgehead atoms. The van der Waals surface area contributed by atoms with E-state index in [0.29, 0.717) is 5.41 Å². The Balaban J connectivity index is 1.66. The molecule has 0 aliphatic carbocycles. The van der Waals surface area contributed by atoms with Crippen molar-refractivity contribution in [2.45, 2.75) is 19.3 Å². The van der Waals surface area contributed by atoms with Gasteiger partial charge in [0.1, 0.15) is 0 Å². The number of nitrogens with zero attached hydrogens (tertiary/aromatic N) is 1. The van der Waals surface area contributed by atoms with Gasteiger partial charge in [-0.15, -0.1) is 0 Å². The van der Waals surface area contributed by atoms with E-state index >= 15 is 0 Å². The predicted octanol–water partition coefficient (Wildman–Crippen LogP) is 2.51. The summed E-state index contributed by atoms with van der Waals surface area (Å²) in [4.78, 5) is 14.5. The van der Waals surface area contributed by atoms with E-state index in [-0.39, 0.29) is 5.91 Å². The molecule has 3 rings (SSSR count). The second kappa shape index (κ2) is 5.40. The molecular formula is C15H19IN2O. The number of piperidine rings is 1. The van der Waals surface area contributed by atoms with Gasteiger partial charge in [-0.1, -0.05) is 6.07 Å². The molecule has 0 aromatic heterocycles. The maximum Gasteiger partial charge on any atom is 0.253 e. The molecule has 1 aromatic rings. The third-order valence-corrected chi connectivity index (χ3v) is 5.19. The molecule has 2 aliphatic rings. The molecule has 1 spiro atoms. The van der Waals surface area contributed by atoms with Crippen molar-refractivity contribution < 1.29 is 4.79 Å². The number of rotatable bonds is 1. The smallest absolute Gasteiger partial charge is 0.253 e. The summed E-state index contributed by atoms with van der Waals surface area (Å²) >= 11 is 2.26. The SMILES string of the molecule is O=C(c1cccc(I)c1)N1CCC2(CCNC2)CC1. The van der Waals surface area contributed by atoms with E-state index in [9.17, 15) is 4.79 Å². The second-order valence-electron chi connectivity index (χ2n) is 5.73. The number of benzene rings is 1. The lowest BCUT2D eigenvalue weighted by molar-refractivity contribution is 0.0607. The Morgan fingerprint density at radius 1 is 1.26 bits per heavy atom. The predicted molar refractivity (Wildman–Crippen MR) is 84.2 cm³/mol. The molecule has 2 aliphatic heterocycles. The fraction of sp³-hybridized carbons (Fsp3) is 0.533. The van der Waals surface area contributed by atoms with Crippen molar-refractivity contribution in [3.8, 4) is 0 Å². The van der Waals surface area contributed by atoms with Crippen LogP contribution in [0.3, 0.4) is 0 Å². The number of hydrogen-bond donors (Lipinski definition) is 1. The Morgan fingerprint density at radius 3 is 2.68 bits per heavy atom. The highest BCUT2D eigenvalue weighted by Gasteiger charge is 2.38. The van der Waals surface area contributed by atoms with Crippen molar-refractivity contribution in [2.24, 2.45) is 5.41 Å². The van der Waals surface area contributed by atoms with E-state index < -0.39 is 0 Å². The first-order valence-corrected chi connectivity index (χ1v) is 8.02. The van der Waals surface area contributed by atoms with Crippen molar-refractivity contribution in [1.29, 1.82) is 0 Å². The molecule has 2 saturated heterocycles. The first-order valence-electron chi connectivity index (χ1n) is 6.94. The van der Waals surface area contributed by atoms with Gasteiger partial charge in [-0.2, -0.15) is 0 Å². The fourth-order valence-corrected chi connectivity index (χ4v) is 3.75. The molecule has 102 valence electrons. The van der Waals surface area contributed by atoms with Gasteiger partial charge in [-0.05, 0) is 72.0 Å². The van der Waals surface area contributed by atoms with E-state index in [2.05, 4.69) is 27.9 Å². The van der Waals surface area contributed by atoms with Gasteiger partial charge in [0.15, 0.2) is 0 Å². The zero-order chi connectivity index (χ0) is 13.3. The zero-order valence-electron chi connectivity index (χ0n) is 11.0. The van der Waals surface area contributed by atoms with Crippen LogP contribution in [-0.4, -0.2) is 37.0 Å². The van der Waals surface area contributed by atoms with Crippen LogP contribution < -0.4 is 5.32 Å². The van der Waals surface area contributed by atoms with Gasteiger partial charge in [-0.25, -0.2) is 0 Å². The molecule has 1 N–H and O–H groups in total. The van der Waals surface area contributed by atoms with Crippen molar-refractivity contribution >= 4 is 28.5 Å². The first kappa shape index (κ1) is 13.4. The summed E-state index contributed by atoms with van der Waals surface area (Å²) in [5, 5.41) is 3.46. The van der Waals surface area contributed by atoms with E-state index in [1.165, 1.54) is 6.42 Å². The maximum absolute atomic E-state index is 12.5. The molecule has 3 nitrogen and oxygen atoms in total. The lowest BCUT2D eigenvalue weighted by Gasteiger charge is -2.38. The van der Waals surface area contributed by atoms with Crippen LogP contribution in [0.4, 0.5) is 0 Å². The number of carbonyl (C=O) groups excluding carboxylic acids is 1. The van der Waals surface area contributed by atoms with E-state index in [0.717, 1.165) is 48.2 Å². The van der Waals surface area contributed by atoms with Gasteiger partial charge in [0.2, 0.25) is 0 Å². The minimum atomic E-state index is 0.194. The van der Waals surface area contributed by atoms with E-state index in [4.69, 9.17) is 0 Å². The number of hydrogen-bond acceptors (Lipinski definition) is 2. The van der Waals surface area contributed by atoms with Gasteiger partial charge in [-0.3, -0.25) is 4.79 Å². The molecule has 0 radical (unpaired) electrons. The standard InChI is InChI=1S/C15H19IN2O/c16-13-3-1-2-12(10-13)14(19)18-8-5-15(6-9-18)4-7-17-11-15/h1-3,10,17H,4-9,11H2. The van der Waals surface area contributed by atoms with Crippen molar-refractivity contribution in [2.75, 3.05) is 26.2 Å². The van der Waals surface area contributed by atoms with Crippen LogP contribution in [0.5, 0.6) is 0 Å². The molecule has 1 amide bonds. The van der Waals surface area contributed by atoms with Crippen molar-refractivity contribution in [1.82, 2.24) is 10.2 Å². The molecule has 0 atom stereocenters. The Morgan fingerprint density at radius 2 is 2.05 bits per heavy atom. The highest BCUT2D eigenvalue weighted by molar-refractivity contribution is 14.1. The second-order valence-corrected chi connectivity index (χ2v) is 6.97. The summed E-state index contributed by atoms with van der Waals surface area (Å²) in [6.07, 6.45) is 3.57. The minimum Gasteiger partial charge on any atom is -0.339 e. The van der Waals surface area contributed by atoms with Gasteiger partial charge < -0.3 is 10.2 Å². The van der Waals surface area contributed by atoms with Crippen LogP contribution in [0, 0.1) is 8.99 Å². The van der Waals surface area contributed by atoms with Crippen LogP contribution in [0.25, 0.3) is 0 Å². The van der Waals surface area contributed by atoms with Crippen LogP contribution >= 0.6 is 22.6 Å². The molecule has 0 saturated carbocycles. The van der Waals surface area contributed by atoms with Gasteiger partial charge in [0.05, 0.1) is 0 Å². The van der Waals surface area contributed by atoms with Crippen molar-refractivity contribution in [3.05, 3.63) is 33.4 Å². The average molecular weight is 370 g/mol. The fourth-order valence-electron chi connectivity index (χ4n) is 3.21. The zero-order valence-corrected chi connectivity index (χ0v) is 13.2. The largest absolute Gasteiger partial charge is 0.339 e. The highest BCUT2D eigenvalue weighted by Crippen LogP contribution is 2.37. The average Bonchev–Trinajstić information content (AvgIpc) is 2.87. The first-order chi connectivity index (χ1) is 9.19. The lowest BCUT2D eigenvalue weighted by Crippen LogP contribution is -2.44. The van der Waals surface area contributed by atoms with Gasteiger partial charge >= 0.3 is 0 Å².